The predicted molar refractivity (Wildman–Crippen MR) is 107 cm³/mol. The number of piperidine rings is 1. The minimum atomic E-state index is 0.0721. The van der Waals surface area contributed by atoms with Gasteiger partial charge in [0.15, 0.2) is 0 Å². The van der Waals surface area contributed by atoms with Gasteiger partial charge in [0.05, 0.1) is 0 Å². The number of carbonyl (C=O) groups excluding carboxylic acids is 1. The summed E-state index contributed by atoms with van der Waals surface area (Å²) in [4.78, 5) is 28.7. The van der Waals surface area contributed by atoms with Crippen LogP contribution in [0.15, 0.2) is 64.8 Å². The van der Waals surface area contributed by atoms with E-state index in [1.807, 2.05) is 51.9 Å². The van der Waals surface area contributed by atoms with Crippen molar-refractivity contribution in [2.24, 2.45) is 5.92 Å². The van der Waals surface area contributed by atoms with E-state index in [1.54, 1.807) is 17.4 Å². The van der Waals surface area contributed by atoms with Crippen molar-refractivity contribution in [3.63, 3.8) is 0 Å². The molecule has 0 saturated carbocycles. The van der Waals surface area contributed by atoms with Crippen LogP contribution in [0, 0.1) is 5.92 Å². The summed E-state index contributed by atoms with van der Waals surface area (Å²) in [7, 11) is 0. The summed E-state index contributed by atoms with van der Waals surface area (Å²) in [6, 6.07) is 17.3. The van der Waals surface area contributed by atoms with E-state index in [1.165, 1.54) is 4.88 Å². The standard InChI is InChI=1S/C22H20N2O2S/c25-20-9-8-18(19-7-4-10-27-19)21-17-11-15(13-24(20)21)12-23(14-17)22(26)16-5-2-1-3-6-16/h1-10,15,17H,11-14H2/t15-,17-/m1/s1. The van der Waals surface area contributed by atoms with Gasteiger partial charge in [-0.25, -0.2) is 0 Å². The number of hydrogen-bond donors (Lipinski definition) is 0. The summed E-state index contributed by atoms with van der Waals surface area (Å²) in [6.07, 6.45) is 1.04. The van der Waals surface area contributed by atoms with Crippen molar-refractivity contribution in [2.75, 3.05) is 13.1 Å². The lowest BCUT2D eigenvalue weighted by Gasteiger charge is -2.43. The first-order valence-electron chi connectivity index (χ1n) is 9.32. The van der Waals surface area contributed by atoms with Gasteiger partial charge in [-0.15, -0.1) is 11.3 Å². The van der Waals surface area contributed by atoms with Gasteiger partial charge >= 0.3 is 0 Å². The summed E-state index contributed by atoms with van der Waals surface area (Å²) in [6.45, 7) is 2.09. The molecule has 3 aromatic rings. The Kier molecular flexibility index (Phi) is 3.97. The minimum absolute atomic E-state index is 0.0721. The molecule has 5 heteroatoms. The van der Waals surface area contributed by atoms with Crippen LogP contribution in [0.5, 0.6) is 0 Å². The molecule has 1 saturated heterocycles. The molecule has 4 heterocycles. The van der Waals surface area contributed by atoms with E-state index in [9.17, 15) is 9.59 Å². The number of pyridine rings is 1. The van der Waals surface area contributed by atoms with E-state index < -0.39 is 0 Å². The molecular formula is C22H20N2O2S. The summed E-state index contributed by atoms with van der Waals surface area (Å²) < 4.78 is 1.96. The second-order valence-corrected chi connectivity index (χ2v) is 8.38. The highest BCUT2D eigenvalue weighted by Crippen LogP contribution is 2.41. The van der Waals surface area contributed by atoms with Crippen LogP contribution < -0.4 is 5.56 Å². The van der Waals surface area contributed by atoms with Crippen molar-refractivity contribution in [3.8, 4) is 10.4 Å². The highest BCUT2D eigenvalue weighted by Gasteiger charge is 2.38. The molecule has 5 rings (SSSR count). The smallest absolute Gasteiger partial charge is 0.253 e. The quantitative estimate of drug-likeness (QED) is 0.682. The van der Waals surface area contributed by atoms with Crippen LogP contribution in [-0.4, -0.2) is 28.5 Å². The van der Waals surface area contributed by atoms with E-state index in [2.05, 4.69) is 11.4 Å². The van der Waals surface area contributed by atoms with Crippen molar-refractivity contribution in [1.29, 1.82) is 0 Å². The number of benzene rings is 1. The van der Waals surface area contributed by atoms with Crippen molar-refractivity contribution >= 4 is 17.2 Å². The number of nitrogens with zero attached hydrogens (tertiary/aromatic N) is 2. The van der Waals surface area contributed by atoms with Crippen molar-refractivity contribution < 1.29 is 4.79 Å². The lowest BCUT2D eigenvalue weighted by molar-refractivity contribution is 0.0595. The molecule has 2 aliphatic heterocycles. The maximum atomic E-state index is 13.0. The molecule has 1 amide bonds. The second kappa shape index (κ2) is 6.50. The summed E-state index contributed by atoms with van der Waals surface area (Å²) >= 11 is 1.69. The molecule has 0 spiro atoms. The number of amides is 1. The third-order valence-corrected chi connectivity index (χ3v) is 6.59. The lowest BCUT2D eigenvalue weighted by Crippen LogP contribution is -2.49. The van der Waals surface area contributed by atoms with E-state index in [-0.39, 0.29) is 17.4 Å². The van der Waals surface area contributed by atoms with E-state index in [0.29, 0.717) is 19.0 Å². The zero-order chi connectivity index (χ0) is 18.4. The zero-order valence-electron chi connectivity index (χ0n) is 14.9. The normalized spacial score (nSPS) is 21.0. The van der Waals surface area contributed by atoms with Gasteiger partial charge in [-0.1, -0.05) is 24.3 Å². The van der Waals surface area contributed by atoms with Gasteiger partial charge < -0.3 is 9.47 Å². The molecule has 0 N–H and O–H groups in total. The predicted octanol–water partition coefficient (Wildman–Crippen LogP) is 3.84. The molecule has 2 aliphatic rings. The first kappa shape index (κ1) is 16.5. The van der Waals surface area contributed by atoms with Crippen LogP contribution in [0.3, 0.4) is 0 Å². The van der Waals surface area contributed by atoms with Gasteiger partial charge in [0, 0.05) is 53.3 Å². The van der Waals surface area contributed by atoms with Gasteiger partial charge in [-0.3, -0.25) is 9.59 Å². The largest absolute Gasteiger partial charge is 0.338 e. The fourth-order valence-corrected chi connectivity index (χ4v) is 5.34. The van der Waals surface area contributed by atoms with Crippen LogP contribution >= 0.6 is 11.3 Å². The first-order chi connectivity index (χ1) is 13.2. The fourth-order valence-electron chi connectivity index (χ4n) is 4.58. The molecule has 0 radical (unpaired) electrons. The maximum Gasteiger partial charge on any atom is 0.253 e. The summed E-state index contributed by atoms with van der Waals surface area (Å²) in [5, 5.41) is 2.06. The van der Waals surface area contributed by atoms with Crippen molar-refractivity contribution in [2.45, 2.75) is 18.9 Å². The van der Waals surface area contributed by atoms with Crippen LogP contribution in [0.1, 0.15) is 28.4 Å². The summed E-state index contributed by atoms with van der Waals surface area (Å²) in [5.41, 5.74) is 3.05. The molecule has 0 aliphatic carbocycles. The molecule has 27 heavy (non-hydrogen) atoms. The number of hydrogen-bond acceptors (Lipinski definition) is 3. The number of likely N-dealkylation sites (tertiary alicyclic amines) is 1. The molecular weight excluding hydrogens is 356 g/mol. The Morgan fingerprint density at radius 2 is 1.81 bits per heavy atom. The number of carbonyl (C=O) groups is 1. The number of fused-ring (bicyclic) bond motifs is 4. The maximum absolute atomic E-state index is 13.0. The SMILES string of the molecule is O=C(c1ccccc1)N1C[C@H]2C[C@H](C1)c1c(-c3cccs3)ccc(=O)n1C2. The topological polar surface area (TPSA) is 42.3 Å². The van der Waals surface area contributed by atoms with Crippen LogP contribution in [0.4, 0.5) is 0 Å². The molecule has 136 valence electrons. The third-order valence-electron chi connectivity index (χ3n) is 5.68. The first-order valence-corrected chi connectivity index (χ1v) is 10.2. The average Bonchev–Trinajstić information content (AvgIpc) is 3.23. The average molecular weight is 376 g/mol. The summed E-state index contributed by atoms with van der Waals surface area (Å²) in [5.74, 6) is 0.631. The van der Waals surface area contributed by atoms with Gasteiger partial charge in [-0.05, 0) is 42.0 Å². The Balaban J connectivity index is 1.54. The number of rotatable bonds is 2. The monoisotopic (exact) mass is 376 g/mol. The third kappa shape index (κ3) is 2.82. The fraction of sp³-hybridized carbons (Fsp3) is 0.273. The lowest BCUT2D eigenvalue weighted by atomic mass is 9.81. The second-order valence-electron chi connectivity index (χ2n) is 7.43. The van der Waals surface area contributed by atoms with Crippen LogP contribution in [0.2, 0.25) is 0 Å². The van der Waals surface area contributed by atoms with Crippen molar-refractivity contribution in [1.82, 2.24) is 9.47 Å². The Hall–Kier alpha value is -2.66. The minimum Gasteiger partial charge on any atom is -0.338 e. The van der Waals surface area contributed by atoms with E-state index in [4.69, 9.17) is 0 Å². The highest BCUT2D eigenvalue weighted by atomic mass is 32.1. The Morgan fingerprint density at radius 3 is 2.59 bits per heavy atom. The molecule has 4 nitrogen and oxygen atoms in total. The molecule has 0 unspecified atom stereocenters. The number of thiophene rings is 1. The molecule has 2 bridgehead atoms. The van der Waals surface area contributed by atoms with E-state index >= 15 is 0 Å². The molecule has 2 atom stereocenters. The Morgan fingerprint density at radius 1 is 0.963 bits per heavy atom. The zero-order valence-corrected chi connectivity index (χ0v) is 15.7. The van der Waals surface area contributed by atoms with Gasteiger partial charge in [0.1, 0.15) is 0 Å². The number of aromatic nitrogens is 1. The van der Waals surface area contributed by atoms with Gasteiger partial charge in [0.2, 0.25) is 0 Å². The van der Waals surface area contributed by atoms with E-state index in [0.717, 1.165) is 29.8 Å². The molecule has 1 fully saturated rings. The molecule has 2 aromatic heterocycles. The van der Waals surface area contributed by atoms with Crippen molar-refractivity contribution in [3.05, 3.63) is 81.6 Å². The van der Waals surface area contributed by atoms with Gasteiger partial charge in [0.25, 0.3) is 11.5 Å². The van der Waals surface area contributed by atoms with Crippen LogP contribution in [0.25, 0.3) is 10.4 Å². The van der Waals surface area contributed by atoms with Crippen LogP contribution in [-0.2, 0) is 6.54 Å². The molecule has 1 aromatic carbocycles. The van der Waals surface area contributed by atoms with Gasteiger partial charge in [-0.2, -0.15) is 0 Å². The Labute approximate surface area is 161 Å². The Bertz CT molecular complexity index is 1040. The highest BCUT2D eigenvalue weighted by molar-refractivity contribution is 7.13.